The first-order valence-corrected chi connectivity index (χ1v) is 13.9. The lowest BCUT2D eigenvalue weighted by Gasteiger charge is -2.24. The van der Waals surface area contributed by atoms with Crippen molar-refractivity contribution in [2.75, 3.05) is 16.0 Å². The number of benzene rings is 3. The molecule has 4 rings (SSSR count). The number of carbonyl (C=O) groups excluding carboxylic acids is 3. The number of hydrogen-bond acceptors (Lipinski definition) is 10. The second kappa shape index (κ2) is 14.0. The molecule has 0 spiro atoms. The van der Waals surface area contributed by atoms with Crippen LogP contribution in [-0.4, -0.2) is 43.8 Å². The molecule has 1 unspecified atom stereocenters. The van der Waals surface area contributed by atoms with Gasteiger partial charge in [-0.1, -0.05) is 25.1 Å². The molecule has 0 aromatic heterocycles. The van der Waals surface area contributed by atoms with Gasteiger partial charge in [0.05, 0.1) is 10.6 Å². The van der Waals surface area contributed by atoms with E-state index in [1.54, 1.807) is 37.3 Å². The number of fused-ring (bicyclic) bond motifs is 1. The summed E-state index contributed by atoms with van der Waals surface area (Å²) in [7, 11) is 0. The molecule has 1 heterocycles. The Bertz CT molecular complexity index is 1670. The van der Waals surface area contributed by atoms with Crippen molar-refractivity contribution >= 4 is 40.8 Å². The van der Waals surface area contributed by atoms with Crippen LogP contribution in [-0.2, 0) is 32.1 Å². The van der Waals surface area contributed by atoms with Gasteiger partial charge in [0.1, 0.15) is 11.8 Å². The molecule has 0 saturated heterocycles. The number of carboxylic acids is 1. The fourth-order valence-electron chi connectivity index (χ4n) is 4.79. The summed E-state index contributed by atoms with van der Waals surface area (Å²) in [5.41, 5.74) is 2.63. The van der Waals surface area contributed by atoms with Gasteiger partial charge in [-0.3, -0.25) is 29.3 Å². The Morgan fingerprint density at radius 1 is 1.04 bits per heavy atom. The number of phenols is 1. The van der Waals surface area contributed by atoms with Crippen LogP contribution < -0.4 is 20.7 Å². The van der Waals surface area contributed by atoms with Crippen molar-refractivity contribution in [2.45, 2.75) is 45.7 Å². The standard InChI is InChI=1S/C31H31N5O9/c1-3-28(41)45-30-19(7-14-27(39)40)5-4-6-25(30)34-31(42)29-24-13-10-22(15-20(24)16-35(29)18(2)37)33-26(17-36(43)44)32-21-8-11-23(38)12-9-21/h4-6,8-13,15,17,29,32-33,38H,3,7,14,16H2,1-2H3,(H,34,42)(H,39,40). The number of rotatable bonds is 12. The van der Waals surface area contributed by atoms with Gasteiger partial charge in [0.2, 0.25) is 5.91 Å². The molecule has 3 aromatic rings. The molecule has 3 aromatic carbocycles. The van der Waals surface area contributed by atoms with Crippen molar-refractivity contribution in [1.82, 2.24) is 4.90 Å². The van der Waals surface area contributed by atoms with Crippen LogP contribution in [0.5, 0.6) is 11.5 Å². The summed E-state index contributed by atoms with van der Waals surface area (Å²) < 4.78 is 5.49. The highest BCUT2D eigenvalue weighted by atomic mass is 16.6. The Balaban J connectivity index is 1.61. The zero-order valence-electron chi connectivity index (χ0n) is 24.4. The molecule has 234 valence electrons. The van der Waals surface area contributed by atoms with E-state index in [-0.39, 0.29) is 54.7 Å². The van der Waals surface area contributed by atoms with Crippen molar-refractivity contribution in [3.8, 4) is 11.5 Å². The lowest BCUT2D eigenvalue weighted by molar-refractivity contribution is -0.403. The highest BCUT2D eigenvalue weighted by Gasteiger charge is 2.38. The van der Waals surface area contributed by atoms with Gasteiger partial charge in [-0.2, -0.15) is 0 Å². The summed E-state index contributed by atoms with van der Waals surface area (Å²) in [6.07, 6.45) is 0.628. The first-order valence-electron chi connectivity index (χ1n) is 13.9. The van der Waals surface area contributed by atoms with Crippen molar-refractivity contribution in [1.29, 1.82) is 0 Å². The number of phenolic OH excluding ortho intramolecular Hbond substituents is 1. The number of nitrogens with one attached hydrogen (secondary N) is 3. The molecule has 2 amide bonds. The Morgan fingerprint density at radius 3 is 2.38 bits per heavy atom. The van der Waals surface area contributed by atoms with E-state index < -0.39 is 28.8 Å². The number of para-hydroxylation sites is 1. The molecule has 1 aliphatic rings. The van der Waals surface area contributed by atoms with Gasteiger partial charge in [-0.15, -0.1) is 0 Å². The zero-order chi connectivity index (χ0) is 32.7. The van der Waals surface area contributed by atoms with Crippen molar-refractivity contribution in [2.24, 2.45) is 0 Å². The minimum absolute atomic E-state index is 0.0262. The highest BCUT2D eigenvalue weighted by Crippen LogP contribution is 2.38. The Morgan fingerprint density at radius 2 is 1.73 bits per heavy atom. The number of carboxylic acid groups (broad SMARTS) is 1. The van der Waals surface area contributed by atoms with E-state index in [9.17, 15) is 34.4 Å². The smallest absolute Gasteiger partial charge is 0.310 e. The number of aryl methyl sites for hydroxylation is 1. The van der Waals surface area contributed by atoms with Crippen LogP contribution >= 0.6 is 0 Å². The van der Waals surface area contributed by atoms with Gasteiger partial charge in [0.25, 0.3) is 12.1 Å². The second-order valence-corrected chi connectivity index (χ2v) is 10.1. The molecule has 0 bridgehead atoms. The normalized spacial score (nSPS) is 13.9. The Labute approximate surface area is 257 Å². The third kappa shape index (κ3) is 8.13. The van der Waals surface area contributed by atoms with Gasteiger partial charge >= 0.3 is 11.9 Å². The molecule has 45 heavy (non-hydrogen) atoms. The molecule has 1 aliphatic heterocycles. The van der Waals surface area contributed by atoms with Crippen LogP contribution in [0.3, 0.4) is 0 Å². The van der Waals surface area contributed by atoms with Crippen molar-refractivity contribution in [3.63, 3.8) is 0 Å². The lowest BCUT2D eigenvalue weighted by Crippen LogP contribution is -2.35. The third-order valence-electron chi connectivity index (χ3n) is 6.87. The largest absolute Gasteiger partial charge is 0.508 e. The van der Waals surface area contributed by atoms with Crippen LogP contribution in [0.1, 0.15) is 49.4 Å². The number of anilines is 3. The maximum Gasteiger partial charge on any atom is 0.310 e. The molecule has 0 saturated carbocycles. The van der Waals surface area contributed by atoms with E-state index in [1.807, 2.05) is 0 Å². The maximum absolute atomic E-state index is 13.7. The summed E-state index contributed by atoms with van der Waals surface area (Å²) in [5.74, 6) is -2.48. The number of amides is 2. The molecular weight excluding hydrogens is 586 g/mol. The Hall–Kier alpha value is -5.92. The highest BCUT2D eigenvalue weighted by molar-refractivity contribution is 6.00. The van der Waals surface area contributed by atoms with Crippen LogP contribution in [0.2, 0.25) is 0 Å². The van der Waals surface area contributed by atoms with Crippen LogP contribution in [0.4, 0.5) is 17.1 Å². The number of ether oxygens (including phenoxy) is 1. The number of nitro groups is 1. The fraction of sp³-hybridized carbons (Fsp3) is 0.226. The second-order valence-electron chi connectivity index (χ2n) is 10.1. The molecular formula is C31H31N5O9. The van der Waals surface area contributed by atoms with E-state index in [0.29, 0.717) is 28.1 Å². The van der Waals surface area contributed by atoms with Gasteiger partial charge in [0.15, 0.2) is 11.6 Å². The number of aromatic hydroxyl groups is 1. The van der Waals surface area contributed by atoms with E-state index in [0.717, 1.165) is 6.20 Å². The van der Waals surface area contributed by atoms with Crippen molar-refractivity contribution < 1.29 is 39.1 Å². The monoisotopic (exact) mass is 617 g/mol. The van der Waals surface area contributed by atoms with Gasteiger partial charge in [-0.25, -0.2) is 0 Å². The van der Waals surface area contributed by atoms with Crippen LogP contribution in [0.25, 0.3) is 0 Å². The fourth-order valence-corrected chi connectivity index (χ4v) is 4.79. The molecule has 14 heteroatoms. The van der Waals surface area contributed by atoms with Gasteiger partial charge < -0.3 is 35.8 Å². The van der Waals surface area contributed by atoms with Gasteiger partial charge in [-0.05, 0) is 65.6 Å². The summed E-state index contributed by atoms with van der Waals surface area (Å²) in [6.45, 7) is 3.00. The minimum atomic E-state index is -1.05. The lowest BCUT2D eigenvalue weighted by atomic mass is 10.0. The number of hydrogen-bond donors (Lipinski definition) is 5. The van der Waals surface area contributed by atoms with Crippen LogP contribution in [0, 0.1) is 10.1 Å². The first-order chi connectivity index (χ1) is 21.4. The molecule has 5 N–H and O–H groups in total. The molecule has 0 fully saturated rings. The van der Waals surface area contributed by atoms with E-state index in [2.05, 4.69) is 16.0 Å². The topological polar surface area (TPSA) is 200 Å². The number of nitrogens with zero attached hydrogens (tertiary/aromatic N) is 2. The van der Waals surface area contributed by atoms with E-state index in [1.165, 1.54) is 42.2 Å². The SMILES string of the molecule is CCC(=O)Oc1c(CCC(=O)O)cccc1NC(=O)C1c2ccc(NC(=C[N+](=O)[O-])Nc3ccc(O)cc3)cc2CN1C(C)=O. The van der Waals surface area contributed by atoms with E-state index >= 15 is 0 Å². The van der Waals surface area contributed by atoms with Crippen LogP contribution in [0.15, 0.2) is 72.7 Å². The molecule has 1 atom stereocenters. The number of esters is 1. The number of carbonyl (C=O) groups is 4. The average molecular weight is 618 g/mol. The van der Waals surface area contributed by atoms with Crippen molar-refractivity contribution in [3.05, 3.63) is 99.5 Å². The molecule has 14 nitrogen and oxygen atoms in total. The maximum atomic E-state index is 13.7. The summed E-state index contributed by atoms with van der Waals surface area (Å²) >= 11 is 0. The summed E-state index contributed by atoms with van der Waals surface area (Å²) in [5, 5.41) is 38.5. The average Bonchev–Trinajstić information content (AvgIpc) is 3.37. The first kappa shape index (κ1) is 32.0. The summed E-state index contributed by atoms with van der Waals surface area (Å²) in [4.78, 5) is 61.7. The predicted molar refractivity (Wildman–Crippen MR) is 163 cm³/mol. The zero-order valence-corrected chi connectivity index (χ0v) is 24.4. The Kier molecular flexibility index (Phi) is 9.98. The van der Waals surface area contributed by atoms with E-state index in [4.69, 9.17) is 9.84 Å². The predicted octanol–water partition coefficient (Wildman–Crippen LogP) is 4.37. The third-order valence-corrected chi connectivity index (χ3v) is 6.87. The molecule has 0 radical (unpaired) electrons. The minimum Gasteiger partial charge on any atom is -0.508 e. The summed E-state index contributed by atoms with van der Waals surface area (Å²) in [6, 6.07) is 14.5. The number of aliphatic carboxylic acids is 1. The quantitative estimate of drug-likeness (QED) is 0.0635. The molecule has 0 aliphatic carbocycles. The van der Waals surface area contributed by atoms with Gasteiger partial charge in [0, 0.05) is 37.7 Å².